The third-order valence-corrected chi connectivity index (χ3v) is 4.53. The summed E-state index contributed by atoms with van der Waals surface area (Å²) in [4.78, 5) is 1.16. The van der Waals surface area contributed by atoms with Crippen LogP contribution in [0.15, 0.2) is 57.0 Å². The summed E-state index contributed by atoms with van der Waals surface area (Å²) in [5.41, 5.74) is 7.14. The molecule has 2 rings (SSSR count). The summed E-state index contributed by atoms with van der Waals surface area (Å²) in [5.74, 6) is 0.809. The number of halogens is 2. The monoisotopic (exact) mass is 370 g/mol. The van der Waals surface area contributed by atoms with E-state index in [1.807, 2.05) is 24.3 Å². The highest BCUT2D eigenvalue weighted by molar-refractivity contribution is 9.10. The van der Waals surface area contributed by atoms with E-state index in [9.17, 15) is 0 Å². The molecule has 0 radical (unpaired) electrons. The highest BCUT2D eigenvalue weighted by Gasteiger charge is 2.06. The van der Waals surface area contributed by atoms with Crippen molar-refractivity contribution >= 4 is 45.1 Å². The summed E-state index contributed by atoms with van der Waals surface area (Å²) in [6, 6.07) is 13.5. The molecule has 0 aliphatic carbocycles. The molecule has 3 N–H and O–H groups in total. The zero-order valence-electron chi connectivity index (χ0n) is 10.4. The second kappa shape index (κ2) is 7.02. The second-order valence-corrected chi connectivity index (χ2v) is 6.41. The highest BCUT2D eigenvalue weighted by atomic mass is 79.9. The van der Waals surface area contributed by atoms with E-state index < -0.39 is 0 Å². The fraction of sp³-hybridized carbons (Fsp3) is 0.0714. The molecule has 2 aromatic carbocycles. The lowest BCUT2D eigenvalue weighted by molar-refractivity contribution is 0.318. The van der Waals surface area contributed by atoms with Crippen LogP contribution in [0.3, 0.4) is 0 Å². The minimum Gasteiger partial charge on any atom is -0.409 e. The summed E-state index contributed by atoms with van der Waals surface area (Å²) in [6.07, 6.45) is 0. The number of thioether (sulfide) groups is 1. The van der Waals surface area contributed by atoms with Gasteiger partial charge < -0.3 is 10.9 Å². The number of oxime groups is 1. The molecule has 0 fully saturated rings. The van der Waals surface area contributed by atoms with Crippen LogP contribution < -0.4 is 5.73 Å². The van der Waals surface area contributed by atoms with Crippen LogP contribution in [0.25, 0.3) is 0 Å². The number of amidine groups is 1. The Morgan fingerprint density at radius 3 is 2.75 bits per heavy atom. The molecule has 6 heteroatoms. The molecule has 0 aliphatic heterocycles. The molecule has 0 spiro atoms. The third kappa shape index (κ3) is 3.91. The van der Waals surface area contributed by atoms with Crippen molar-refractivity contribution in [2.75, 3.05) is 0 Å². The zero-order valence-corrected chi connectivity index (χ0v) is 13.5. The van der Waals surface area contributed by atoms with Gasteiger partial charge in [-0.15, -0.1) is 11.8 Å². The molecule has 0 saturated heterocycles. The first-order chi connectivity index (χ1) is 9.60. The molecule has 0 saturated carbocycles. The van der Waals surface area contributed by atoms with E-state index in [1.54, 1.807) is 23.9 Å². The normalized spacial score (nSPS) is 11.6. The van der Waals surface area contributed by atoms with E-state index in [0.717, 1.165) is 20.7 Å². The van der Waals surface area contributed by atoms with Gasteiger partial charge in [0.25, 0.3) is 0 Å². The Kier molecular flexibility index (Phi) is 5.34. The molecule has 0 heterocycles. The van der Waals surface area contributed by atoms with Gasteiger partial charge >= 0.3 is 0 Å². The van der Waals surface area contributed by atoms with Crippen molar-refractivity contribution < 1.29 is 5.21 Å². The molecule has 0 aliphatic rings. The molecule has 0 atom stereocenters. The Morgan fingerprint density at radius 2 is 2.10 bits per heavy atom. The van der Waals surface area contributed by atoms with Gasteiger partial charge in [0, 0.05) is 25.7 Å². The van der Waals surface area contributed by atoms with E-state index >= 15 is 0 Å². The molecular weight excluding hydrogens is 360 g/mol. The fourth-order valence-corrected chi connectivity index (χ4v) is 3.44. The smallest absolute Gasteiger partial charge is 0.170 e. The third-order valence-electron chi connectivity index (χ3n) is 2.65. The van der Waals surface area contributed by atoms with Crippen molar-refractivity contribution in [3.63, 3.8) is 0 Å². The number of hydrogen-bond donors (Lipinski definition) is 2. The van der Waals surface area contributed by atoms with E-state index in [4.69, 9.17) is 22.5 Å². The van der Waals surface area contributed by atoms with Crippen LogP contribution in [-0.4, -0.2) is 11.0 Å². The van der Waals surface area contributed by atoms with Crippen LogP contribution in [0, 0.1) is 0 Å². The highest BCUT2D eigenvalue weighted by Crippen LogP contribution is 2.28. The first-order valence-corrected chi connectivity index (χ1v) is 7.90. The zero-order chi connectivity index (χ0) is 14.5. The van der Waals surface area contributed by atoms with Gasteiger partial charge in [-0.3, -0.25) is 0 Å². The van der Waals surface area contributed by atoms with Crippen molar-refractivity contribution in [1.82, 2.24) is 0 Å². The maximum atomic E-state index is 8.64. The van der Waals surface area contributed by atoms with Gasteiger partial charge in [0.2, 0.25) is 0 Å². The van der Waals surface area contributed by atoms with E-state index in [-0.39, 0.29) is 5.84 Å². The van der Waals surface area contributed by atoms with Gasteiger partial charge in [-0.25, -0.2) is 0 Å². The average Bonchev–Trinajstić information content (AvgIpc) is 2.45. The predicted molar refractivity (Wildman–Crippen MR) is 87.7 cm³/mol. The maximum absolute atomic E-state index is 8.64. The van der Waals surface area contributed by atoms with Crippen molar-refractivity contribution in [3.8, 4) is 0 Å². The number of rotatable bonds is 4. The van der Waals surface area contributed by atoms with Crippen LogP contribution in [-0.2, 0) is 5.75 Å². The molecule has 0 bridgehead atoms. The van der Waals surface area contributed by atoms with Gasteiger partial charge in [0.15, 0.2) is 5.84 Å². The first kappa shape index (κ1) is 15.2. The number of nitrogens with zero attached hydrogens (tertiary/aromatic N) is 1. The largest absolute Gasteiger partial charge is 0.409 e. The van der Waals surface area contributed by atoms with Gasteiger partial charge in [-0.05, 0) is 29.8 Å². The summed E-state index contributed by atoms with van der Waals surface area (Å²) >= 11 is 11.4. The topological polar surface area (TPSA) is 58.6 Å². The van der Waals surface area contributed by atoms with Crippen LogP contribution >= 0.6 is 39.3 Å². The van der Waals surface area contributed by atoms with Crippen LogP contribution in [0.2, 0.25) is 5.02 Å². The summed E-state index contributed by atoms with van der Waals surface area (Å²) in [6.45, 7) is 0. The molecule has 0 unspecified atom stereocenters. The van der Waals surface area contributed by atoms with Crippen LogP contribution in [0.1, 0.15) is 11.1 Å². The SMILES string of the molecule is N/C(=N/O)c1ccc(CSc2cccc(Br)c2)c(Cl)c1. The lowest BCUT2D eigenvalue weighted by Gasteiger charge is -2.07. The molecular formula is C14H12BrClN2OS. The van der Waals surface area contributed by atoms with Gasteiger partial charge in [-0.2, -0.15) is 0 Å². The lowest BCUT2D eigenvalue weighted by atomic mass is 10.1. The summed E-state index contributed by atoms with van der Waals surface area (Å²) < 4.78 is 1.05. The Labute approximate surface area is 134 Å². The van der Waals surface area contributed by atoms with Crippen LogP contribution in [0.4, 0.5) is 0 Å². The lowest BCUT2D eigenvalue weighted by Crippen LogP contribution is -2.12. The number of benzene rings is 2. The van der Waals surface area contributed by atoms with E-state index in [2.05, 4.69) is 27.2 Å². The predicted octanol–water partition coefficient (Wildman–Crippen LogP) is 4.49. The van der Waals surface area contributed by atoms with E-state index in [0.29, 0.717) is 10.6 Å². The van der Waals surface area contributed by atoms with Gasteiger partial charge in [0.1, 0.15) is 0 Å². The quantitative estimate of drug-likeness (QED) is 0.274. The number of hydrogen-bond acceptors (Lipinski definition) is 3. The molecule has 0 aromatic heterocycles. The summed E-state index contributed by atoms with van der Waals surface area (Å²) in [7, 11) is 0. The van der Waals surface area contributed by atoms with Gasteiger partial charge in [-0.1, -0.05) is 50.9 Å². The van der Waals surface area contributed by atoms with Crippen molar-refractivity contribution in [2.45, 2.75) is 10.6 Å². The molecule has 0 amide bonds. The molecule has 3 nitrogen and oxygen atoms in total. The Bertz CT molecular complexity index is 649. The molecule has 2 aromatic rings. The average molecular weight is 372 g/mol. The maximum Gasteiger partial charge on any atom is 0.170 e. The van der Waals surface area contributed by atoms with Crippen molar-refractivity contribution in [1.29, 1.82) is 0 Å². The van der Waals surface area contributed by atoms with Crippen molar-refractivity contribution in [2.24, 2.45) is 10.9 Å². The Balaban J connectivity index is 2.11. The van der Waals surface area contributed by atoms with Crippen molar-refractivity contribution in [3.05, 3.63) is 63.1 Å². The fourth-order valence-electron chi connectivity index (χ4n) is 1.60. The first-order valence-electron chi connectivity index (χ1n) is 5.75. The second-order valence-electron chi connectivity index (χ2n) is 4.04. The standard InChI is InChI=1S/C14H12BrClN2OS/c15-11-2-1-3-12(7-11)20-8-10-5-4-9(6-13(10)16)14(17)18-19/h1-7,19H,8H2,(H2,17,18). The molecule has 20 heavy (non-hydrogen) atoms. The number of nitrogens with two attached hydrogens (primary N) is 1. The van der Waals surface area contributed by atoms with E-state index in [1.165, 1.54) is 0 Å². The minimum absolute atomic E-state index is 0.0538. The Hall–Kier alpha value is -1.17. The van der Waals surface area contributed by atoms with Crippen LogP contribution in [0.5, 0.6) is 0 Å². The Morgan fingerprint density at radius 1 is 1.30 bits per heavy atom. The van der Waals surface area contributed by atoms with Gasteiger partial charge in [0.05, 0.1) is 0 Å². The minimum atomic E-state index is 0.0538. The summed E-state index contributed by atoms with van der Waals surface area (Å²) in [5, 5.41) is 12.2. The molecule has 104 valence electrons.